The Morgan fingerprint density at radius 2 is 0.865 bits per heavy atom. The second-order valence-electron chi connectivity index (χ2n) is 15.5. The van der Waals surface area contributed by atoms with Gasteiger partial charge in [0.1, 0.15) is 0 Å². The van der Waals surface area contributed by atoms with E-state index in [-0.39, 0.29) is 10.8 Å². The van der Waals surface area contributed by atoms with Crippen molar-refractivity contribution in [2.24, 2.45) is 0 Å². The van der Waals surface area contributed by atoms with Crippen molar-refractivity contribution in [3.05, 3.63) is 163 Å². The predicted octanol–water partition coefficient (Wildman–Crippen LogP) is 12.9. The van der Waals surface area contributed by atoms with Crippen LogP contribution in [0.5, 0.6) is 0 Å². The van der Waals surface area contributed by atoms with Gasteiger partial charge in [-0.3, -0.25) is 0 Å². The molecule has 1 heterocycles. The summed E-state index contributed by atoms with van der Waals surface area (Å²) < 4.78 is 0. The molecule has 7 aromatic carbocycles. The molecule has 0 bridgehead atoms. The van der Waals surface area contributed by atoms with Crippen LogP contribution in [0.15, 0.2) is 152 Å². The summed E-state index contributed by atoms with van der Waals surface area (Å²) in [6.45, 7) is 9.56. The van der Waals surface area contributed by atoms with Gasteiger partial charge in [0.05, 0.1) is 0 Å². The van der Waals surface area contributed by atoms with Crippen LogP contribution in [0.1, 0.15) is 51.7 Å². The molecule has 0 saturated carbocycles. The third-order valence-electron chi connectivity index (χ3n) is 11.2. The summed E-state index contributed by atoms with van der Waals surface area (Å²) in [6, 6.07) is 54.1. The minimum atomic E-state index is 0.138. The number of hydrogen-bond acceptors (Lipinski definition) is 3. The van der Waals surface area contributed by atoms with Crippen molar-refractivity contribution in [1.29, 1.82) is 0 Å². The van der Waals surface area contributed by atoms with Crippen LogP contribution in [-0.4, -0.2) is 15.0 Å². The van der Waals surface area contributed by atoms with Crippen molar-refractivity contribution < 1.29 is 0 Å². The van der Waals surface area contributed by atoms with E-state index in [0.29, 0.717) is 17.5 Å². The molecular formula is C49H41N3. The number of aromatic nitrogens is 3. The van der Waals surface area contributed by atoms with Gasteiger partial charge >= 0.3 is 0 Å². The zero-order chi connectivity index (χ0) is 35.5. The van der Waals surface area contributed by atoms with Crippen LogP contribution < -0.4 is 0 Å². The average Bonchev–Trinajstić information content (AvgIpc) is 3.19. The standard InChI is InChI=1S/C49H41N3/c1-48(2)27-28-49(3,4)44-31-37(23-26-43(44)48)39-24-25-42(41-18-12-11-17-40(39)41)47-51-45(33-15-9-6-10-16-33)50-46(52-47)38-22-21-35-29-34(19-20-36(35)30-38)32-13-7-5-8-14-32/h5-26,29-31H,27-28H2,1-4H3. The van der Waals surface area contributed by atoms with Gasteiger partial charge in [-0.1, -0.05) is 161 Å². The van der Waals surface area contributed by atoms with Gasteiger partial charge in [0.25, 0.3) is 0 Å². The van der Waals surface area contributed by atoms with Crippen molar-refractivity contribution in [3.8, 4) is 56.4 Å². The van der Waals surface area contributed by atoms with Crippen molar-refractivity contribution in [3.63, 3.8) is 0 Å². The van der Waals surface area contributed by atoms with Gasteiger partial charge in [-0.15, -0.1) is 0 Å². The molecule has 0 fully saturated rings. The lowest BCUT2D eigenvalue weighted by Gasteiger charge is -2.42. The second kappa shape index (κ2) is 12.4. The van der Waals surface area contributed by atoms with E-state index in [9.17, 15) is 0 Å². The number of rotatable bonds is 5. The van der Waals surface area contributed by atoms with Gasteiger partial charge in [-0.2, -0.15) is 0 Å². The lowest BCUT2D eigenvalue weighted by atomic mass is 9.63. The molecule has 0 N–H and O–H groups in total. The molecule has 3 nitrogen and oxygen atoms in total. The number of benzene rings is 7. The van der Waals surface area contributed by atoms with Gasteiger partial charge in [-0.05, 0) is 96.8 Å². The third-order valence-corrected chi connectivity index (χ3v) is 11.2. The summed E-state index contributed by atoms with van der Waals surface area (Å²) in [7, 11) is 0. The lowest BCUT2D eigenvalue weighted by Crippen LogP contribution is -2.33. The molecule has 1 aliphatic rings. The lowest BCUT2D eigenvalue weighted by molar-refractivity contribution is 0.332. The molecule has 252 valence electrons. The Balaban J connectivity index is 1.18. The maximum atomic E-state index is 5.19. The average molecular weight is 672 g/mol. The molecule has 0 radical (unpaired) electrons. The summed E-state index contributed by atoms with van der Waals surface area (Å²) in [5.41, 5.74) is 11.1. The van der Waals surface area contributed by atoms with Crippen LogP contribution in [0.4, 0.5) is 0 Å². The van der Waals surface area contributed by atoms with E-state index in [0.717, 1.165) is 27.5 Å². The van der Waals surface area contributed by atoms with E-state index in [4.69, 9.17) is 15.0 Å². The molecule has 1 aromatic heterocycles. The minimum absolute atomic E-state index is 0.138. The monoisotopic (exact) mass is 671 g/mol. The first-order valence-corrected chi connectivity index (χ1v) is 18.3. The smallest absolute Gasteiger partial charge is 0.164 e. The van der Waals surface area contributed by atoms with Gasteiger partial charge < -0.3 is 0 Å². The summed E-state index contributed by atoms with van der Waals surface area (Å²) in [6.07, 6.45) is 2.39. The van der Waals surface area contributed by atoms with Crippen molar-refractivity contribution in [2.75, 3.05) is 0 Å². The fourth-order valence-electron chi connectivity index (χ4n) is 8.04. The van der Waals surface area contributed by atoms with E-state index >= 15 is 0 Å². The molecular weight excluding hydrogens is 631 g/mol. The Hall–Kier alpha value is -5.93. The topological polar surface area (TPSA) is 38.7 Å². The first-order valence-electron chi connectivity index (χ1n) is 18.3. The largest absolute Gasteiger partial charge is 0.208 e. The SMILES string of the molecule is CC1(C)CCC(C)(C)c2cc(-c3ccc(-c4nc(-c5ccccc5)nc(-c5ccc6cc(-c7ccccc7)ccc6c5)n4)c4ccccc34)ccc21. The van der Waals surface area contributed by atoms with Crippen molar-refractivity contribution in [1.82, 2.24) is 15.0 Å². The minimum Gasteiger partial charge on any atom is -0.208 e. The van der Waals surface area contributed by atoms with Crippen LogP contribution in [0.25, 0.3) is 78.0 Å². The highest BCUT2D eigenvalue weighted by Gasteiger charge is 2.37. The van der Waals surface area contributed by atoms with Gasteiger partial charge in [0, 0.05) is 16.7 Å². The molecule has 1 aliphatic carbocycles. The fourth-order valence-corrected chi connectivity index (χ4v) is 8.04. The molecule has 0 aliphatic heterocycles. The Kier molecular flexibility index (Phi) is 7.62. The van der Waals surface area contributed by atoms with E-state index in [2.05, 4.69) is 161 Å². The molecule has 0 atom stereocenters. The summed E-state index contributed by atoms with van der Waals surface area (Å²) in [5.74, 6) is 1.98. The highest BCUT2D eigenvalue weighted by molar-refractivity contribution is 6.04. The summed E-state index contributed by atoms with van der Waals surface area (Å²) in [4.78, 5) is 15.4. The van der Waals surface area contributed by atoms with Gasteiger partial charge in [0.15, 0.2) is 17.5 Å². The predicted molar refractivity (Wildman–Crippen MR) is 217 cm³/mol. The molecule has 52 heavy (non-hydrogen) atoms. The van der Waals surface area contributed by atoms with Crippen LogP contribution >= 0.6 is 0 Å². The molecule has 0 amide bonds. The van der Waals surface area contributed by atoms with Crippen LogP contribution in [0.2, 0.25) is 0 Å². The molecule has 8 aromatic rings. The van der Waals surface area contributed by atoms with E-state index in [1.807, 2.05) is 18.2 Å². The van der Waals surface area contributed by atoms with Crippen LogP contribution in [-0.2, 0) is 10.8 Å². The van der Waals surface area contributed by atoms with Crippen molar-refractivity contribution in [2.45, 2.75) is 51.4 Å². The van der Waals surface area contributed by atoms with E-state index < -0.39 is 0 Å². The Labute approximate surface area is 306 Å². The maximum Gasteiger partial charge on any atom is 0.164 e. The number of fused-ring (bicyclic) bond motifs is 3. The number of nitrogens with zero attached hydrogens (tertiary/aromatic N) is 3. The third kappa shape index (κ3) is 5.67. The highest BCUT2D eigenvalue weighted by Crippen LogP contribution is 2.47. The normalized spacial score (nSPS) is 14.7. The summed E-state index contributed by atoms with van der Waals surface area (Å²) >= 11 is 0. The second-order valence-corrected chi connectivity index (χ2v) is 15.5. The highest BCUT2D eigenvalue weighted by atomic mass is 15.0. The molecule has 3 heteroatoms. The van der Waals surface area contributed by atoms with Gasteiger partial charge in [-0.25, -0.2) is 15.0 Å². The first-order chi connectivity index (χ1) is 25.2. The zero-order valence-electron chi connectivity index (χ0n) is 30.2. The van der Waals surface area contributed by atoms with Crippen molar-refractivity contribution >= 4 is 21.5 Å². The van der Waals surface area contributed by atoms with E-state index in [1.165, 1.54) is 57.0 Å². The Morgan fingerprint density at radius 3 is 1.56 bits per heavy atom. The fraction of sp³-hybridized carbons (Fsp3) is 0.163. The van der Waals surface area contributed by atoms with Crippen LogP contribution in [0, 0.1) is 0 Å². The number of hydrogen-bond donors (Lipinski definition) is 0. The maximum absolute atomic E-state index is 5.19. The summed E-state index contributed by atoms with van der Waals surface area (Å²) in [5, 5.41) is 4.64. The Morgan fingerprint density at radius 1 is 0.365 bits per heavy atom. The molecule has 9 rings (SSSR count). The zero-order valence-corrected chi connectivity index (χ0v) is 30.2. The molecule has 0 spiro atoms. The van der Waals surface area contributed by atoms with E-state index in [1.54, 1.807) is 0 Å². The first kappa shape index (κ1) is 32.0. The van der Waals surface area contributed by atoms with Crippen LogP contribution in [0.3, 0.4) is 0 Å². The molecule has 0 unspecified atom stereocenters. The van der Waals surface area contributed by atoms with Gasteiger partial charge in [0.2, 0.25) is 0 Å². The quantitative estimate of drug-likeness (QED) is 0.183. The molecule has 0 saturated heterocycles. The Bertz CT molecular complexity index is 2620.